The van der Waals surface area contributed by atoms with Gasteiger partial charge in [0.2, 0.25) is 0 Å². The molecule has 4 aromatic rings. The van der Waals surface area contributed by atoms with Crippen LogP contribution in [0.4, 0.5) is 0 Å². The van der Waals surface area contributed by atoms with E-state index in [0.717, 1.165) is 21.9 Å². The SMILES string of the molecule is OC(c1cncnc1)c1cccc2ccccc12.OCCc1ccc(Cl)cc1Cl. The minimum atomic E-state index is -0.697. The monoisotopic (exact) mass is 426 g/mol. The largest absolute Gasteiger partial charge is 0.396 e. The van der Waals surface area contributed by atoms with Crippen molar-refractivity contribution >= 4 is 34.0 Å². The van der Waals surface area contributed by atoms with E-state index in [1.165, 1.54) is 6.33 Å². The molecule has 1 heterocycles. The van der Waals surface area contributed by atoms with Crippen LogP contribution < -0.4 is 0 Å². The summed E-state index contributed by atoms with van der Waals surface area (Å²) < 4.78 is 0. The number of hydrogen-bond donors (Lipinski definition) is 2. The number of benzene rings is 3. The molecule has 29 heavy (non-hydrogen) atoms. The van der Waals surface area contributed by atoms with Crippen molar-refractivity contribution in [3.63, 3.8) is 0 Å². The number of aliphatic hydroxyl groups is 2. The molecular weight excluding hydrogens is 407 g/mol. The number of aliphatic hydroxyl groups excluding tert-OH is 2. The third-order valence-corrected chi connectivity index (χ3v) is 5.00. The van der Waals surface area contributed by atoms with Crippen molar-refractivity contribution < 1.29 is 10.2 Å². The van der Waals surface area contributed by atoms with Gasteiger partial charge in [0.25, 0.3) is 0 Å². The van der Waals surface area contributed by atoms with E-state index in [2.05, 4.69) is 9.97 Å². The molecule has 4 nitrogen and oxygen atoms in total. The summed E-state index contributed by atoms with van der Waals surface area (Å²) in [5.41, 5.74) is 2.51. The van der Waals surface area contributed by atoms with Gasteiger partial charge in [-0.2, -0.15) is 0 Å². The molecule has 148 valence electrons. The average molecular weight is 427 g/mol. The molecule has 0 aliphatic rings. The van der Waals surface area contributed by atoms with Gasteiger partial charge in [0.05, 0.1) is 0 Å². The van der Waals surface area contributed by atoms with Crippen molar-refractivity contribution in [3.05, 3.63) is 106 Å². The Kier molecular flexibility index (Phi) is 7.55. The number of fused-ring (bicyclic) bond motifs is 1. The molecule has 4 rings (SSSR count). The van der Waals surface area contributed by atoms with Crippen LogP contribution >= 0.6 is 23.2 Å². The first-order chi connectivity index (χ1) is 14.1. The summed E-state index contributed by atoms with van der Waals surface area (Å²) in [6.07, 6.45) is 4.62. The first-order valence-corrected chi connectivity index (χ1v) is 9.81. The molecule has 0 bridgehead atoms. The third-order valence-electron chi connectivity index (χ3n) is 4.41. The topological polar surface area (TPSA) is 66.2 Å². The second-order valence-electron chi connectivity index (χ2n) is 6.35. The van der Waals surface area contributed by atoms with E-state index in [4.69, 9.17) is 28.3 Å². The fourth-order valence-electron chi connectivity index (χ4n) is 2.97. The molecule has 0 amide bonds. The number of nitrogens with zero attached hydrogens (tertiary/aromatic N) is 2. The molecule has 0 saturated heterocycles. The highest BCUT2D eigenvalue weighted by molar-refractivity contribution is 6.35. The van der Waals surface area contributed by atoms with Gasteiger partial charge in [0.15, 0.2) is 0 Å². The van der Waals surface area contributed by atoms with Gasteiger partial charge in [-0.1, -0.05) is 71.7 Å². The Labute approximate surface area is 179 Å². The van der Waals surface area contributed by atoms with Crippen LogP contribution in [-0.4, -0.2) is 26.8 Å². The molecule has 0 aliphatic heterocycles. The second-order valence-corrected chi connectivity index (χ2v) is 7.20. The zero-order chi connectivity index (χ0) is 20.6. The Balaban J connectivity index is 0.000000188. The highest BCUT2D eigenvalue weighted by Crippen LogP contribution is 2.28. The molecule has 0 radical (unpaired) electrons. The summed E-state index contributed by atoms with van der Waals surface area (Å²) in [5, 5.41) is 22.4. The van der Waals surface area contributed by atoms with Gasteiger partial charge in [-0.05, 0) is 40.5 Å². The lowest BCUT2D eigenvalue weighted by molar-refractivity contribution is 0.221. The minimum Gasteiger partial charge on any atom is -0.396 e. The van der Waals surface area contributed by atoms with E-state index >= 15 is 0 Å². The summed E-state index contributed by atoms with van der Waals surface area (Å²) in [5.74, 6) is 0. The molecule has 0 saturated carbocycles. The molecule has 1 aromatic heterocycles. The smallest absolute Gasteiger partial charge is 0.115 e. The molecule has 3 aromatic carbocycles. The van der Waals surface area contributed by atoms with Crippen LogP contribution in [0.15, 0.2) is 79.4 Å². The highest BCUT2D eigenvalue weighted by atomic mass is 35.5. The van der Waals surface area contributed by atoms with Gasteiger partial charge in [-0.15, -0.1) is 0 Å². The molecule has 0 fully saturated rings. The zero-order valence-electron chi connectivity index (χ0n) is 15.5. The fourth-order valence-corrected chi connectivity index (χ4v) is 3.47. The first-order valence-electron chi connectivity index (χ1n) is 9.05. The molecule has 2 N–H and O–H groups in total. The summed E-state index contributed by atoms with van der Waals surface area (Å²) >= 11 is 11.5. The Hall–Kier alpha value is -2.50. The van der Waals surface area contributed by atoms with Crippen LogP contribution in [0.2, 0.25) is 10.0 Å². The predicted molar refractivity (Wildman–Crippen MR) is 117 cm³/mol. The lowest BCUT2D eigenvalue weighted by atomic mass is 9.97. The van der Waals surface area contributed by atoms with E-state index in [1.807, 2.05) is 48.5 Å². The molecule has 0 aliphatic carbocycles. The molecule has 1 unspecified atom stereocenters. The maximum atomic E-state index is 10.4. The number of rotatable bonds is 4. The van der Waals surface area contributed by atoms with Crippen LogP contribution in [0.1, 0.15) is 22.8 Å². The van der Waals surface area contributed by atoms with Crippen LogP contribution in [0, 0.1) is 0 Å². The maximum absolute atomic E-state index is 10.4. The zero-order valence-corrected chi connectivity index (χ0v) is 17.1. The number of hydrogen-bond acceptors (Lipinski definition) is 4. The molecular formula is C23H20Cl2N2O2. The van der Waals surface area contributed by atoms with Crippen molar-refractivity contribution in [3.8, 4) is 0 Å². The van der Waals surface area contributed by atoms with Gasteiger partial charge in [-0.25, -0.2) is 9.97 Å². The van der Waals surface area contributed by atoms with E-state index < -0.39 is 6.10 Å². The summed E-state index contributed by atoms with van der Waals surface area (Å²) in [6, 6.07) is 19.2. The fraction of sp³-hybridized carbons (Fsp3) is 0.130. The van der Waals surface area contributed by atoms with Crippen molar-refractivity contribution in [1.29, 1.82) is 0 Å². The quantitative estimate of drug-likeness (QED) is 0.468. The summed E-state index contributed by atoms with van der Waals surface area (Å²) in [7, 11) is 0. The van der Waals surface area contributed by atoms with Crippen LogP contribution in [0.5, 0.6) is 0 Å². The van der Waals surface area contributed by atoms with Crippen LogP contribution in [0.25, 0.3) is 10.8 Å². The van der Waals surface area contributed by atoms with Crippen LogP contribution in [0.3, 0.4) is 0 Å². The number of halogens is 2. The normalized spacial score (nSPS) is 11.6. The Morgan fingerprint density at radius 2 is 1.62 bits per heavy atom. The van der Waals surface area contributed by atoms with E-state index in [9.17, 15) is 5.11 Å². The van der Waals surface area contributed by atoms with E-state index in [-0.39, 0.29) is 6.61 Å². The van der Waals surface area contributed by atoms with Gasteiger partial charge < -0.3 is 10.2 Å². The van der Waals surface area contributed by atoms with Crippen LogP contribution in [-0.2, 0) is 6.42 Å². The highest BCUT2D eigenvalue weighted by Gasteiger charge is 2.13. The average Bonchev–Trinajstić information content (AvgIpc) is 2.76. The Morgan fingerprint density at radius 1 is 0.897 bits per heavy atom. The number of aromatic nitrogens is 2. The summed E-state index contributed by atoms with van der Waals surface area (Å²) in [6.45, 7) is 0.112. The van der Waals surface area contributed by atoms with Crippen molar-refractivity contribution in [1.82, 2.24) is 9.97 Å². The lowest BCUT2D eigenvalue weighted by Gasteiger charge is -2.13. The molecule has 6 heteroatoms. The lowest BCUT2D eigenvalue weighted by Crippen LogP contribution is -2.01. The van der Waals surface area contributed by atoms with Crippen molar-refractivity contribution in [2.75, 3.05) is 6.61 Å². The minimum absolute atomic E-state index is 0.112. The van der Waals surface area contributed by atoms with Crippen molar-refractivity contribution in [2.45, 2.75) is 12.5 Å². The molecule has 1 atom stereocenters. The van der Waals surface area contributed by atoms with Gasteiger partial charge in [-0.3, -0.25) is 0 Å². The molecule has 0 spiro atoms. The standard InChI is InChI=1S/C15H12N2O.C8H8Cl2O/c18-15(12-8-16-10-17-9-12)14-7-3-5-11-4-1-2-6-13(11)14;9-7-2-1-6(3-4-11)8(10)5-7/h1-10,15,18H;1-2,5,11H,3-4H2. The Morgan fingerprint density at radius 3 is 2.34 bits per heavy atom. The summed E-state index contributed by atoms with van der Waals surface area (Å²) in [4.78, 5) is 7.88. The van der Waals surface area contributed by atoms with E-state index in [1.54, 1.807) is 24.5 Å². The van der Waals surface area contributed by atoms with Crippen molar-refractivity contribution in [2.24, 2.45) is 0 Å². The maximum Gasteiger partial charge on any atom is 0.115 e. The first kappa shape index (κ1) is 21.2. The predicted octanol–water partition coefficient (Wildman–Crippen LogP) is 5.24. The Bertz CT molecular complexity index is 1070. The van der Waals surface area contributed by atoms with E-state index in [0.29, 0.717) is 22.0 Å². The van der Waals surface area contributed by atoms with Gasteiger partial charge in [0, 0.05) is 34.6 Å². The second kappa shape index (κ2) is 10.3. The van der Waals surface area contributed by atoms with Gasteiger partial charge in [0.1, 0.15) is 12.4 Å². The third kappa shape index (κ3) is 5.52. The van der Waals surface area contributed by atoms with Gasteiger partial charge >= 0.3 is 0 Å².